The molecule has 1 radical (unpaired) electrons. The number of para-hydroxylation sites is 1. The molecule has 0 amide bonds. The predicted molar refractivity (Wildman–Crippen MR) is 68.8 cm³/mol. The third-order valence-electron chi connectivity index (χ3n) is 1.92. The van der Waals surface area contributed by atoms with E-state index < -0.39 is 5.97 Å². The normalized spacial score (nSPS) is 8.53. The zero-order valence-electron chi connectivity index (χ0n) is 9.44. The van der Waals surface area contributed by atoms with Crippen molar-refractivity contribution in [3.8, 4) is 0 Å². The van der Waals surface area contributed by atoms with Crippen molar-refractivity contribution in [3.05, 3.63) is 50.9 Å². The number of nitrogens with zero attached hydrogens (tertiary/aromatic N) is 1. The Labute approximate surface area is 122 Å². The fourth-order valence-corrected chi connectivity index (χ4v) is 1.52. The number of rotatable bonds is 1. The Kier molecular flexibility index (Phi) is 8.19. The van der Waals surface area contributed by atoms with Crippen LogP contribution in [0.25, 0.3) is 10.9 Å². The molecule has 2 rings (SSSR count). The molecule has 5 heteroatoms. The first-order valence-corrected chi connectivity index (χ1v) is 4.45. The van der Waals surface area contributed by atoms with E-state index in [4.69, 9.17) is 5.11 Å². The third kappa shape index (κ3) is 3.85. The molecule has 97 valence electrons. The first-order valence-electron chi connectivity index (χ1n) is 4.00. The molecule has 3 nitrogen and oxygen atoms in total. The minimum atomic E-state index is -1.02. The van der Waals surface area contributed by atoms with E-state index in [0.717, 1.165) is 5.39 Å². The molecule has 0 aliphatic heterocycles. The van der Waals surface area contributed by atoms with Gasteiger partial charge in [-0.3, -0.25) is 0 Å². The number of aromatic carboxylic acids is 1. The van der Waals surface area contributed by atoms with Crippen molar-refractivity contribution in [3.63, 3.8) is 0 Å². The van der Waals surface area contributed by atoms with E-state index in [2.05, 4.69) is 17.6 Å². The van der Waals surface area contributed by atoms with E-state index >= 15 is 0 Å². The number of benzene rings is 1. The van der Waals surface area contributed by atoms with Crippen LogP contribution in [0.3, 0.4) is 0 Å². The smallest absolute Gasteiger partial charge is 0.354 e. The van der Waals surface area contributed by atoms with Crippen LogP contribution in [0, 0.1) is 14.9 Å². The van der Waals surface area contributed by atoms with E-state index in [9.17, 15) is 4.79 Å². The van der Waals surface area contributed by atoms with E-state index in [1.54, 1.807) is 12.1 Å². The van der Waals surface area contributed by atoms with Crippen molar-refractivity contribution >= 4 is 29.5 Å². The van der Waals surface area contributed by atoms with Gasteiger partial charge in [0.2, 0.25) is 0 Å². The summed E-state index contributed by atoms with van der Waals surface area (Å²) in [5.74, 6) is -1.02. The predicted octanol–water partition coefficient (Wildman–Crippen LogP) is 3.12. The SMILES string of the molecule is O=C(O)c1ccc2cccc(S)c2n1.[Au].[CH3-].[CH3-]. The summed E-state index contributed by atoms with van der Waals surface area (Å²) in [6.07, 6.45) is 0. The van der Waals surface area contributed by atoms with Gasteiger partial charge in [0.1, 0.15) is 5.69 Å². The minimum Gasteiger partial charge on any atom is -0.477 e. The van der Waals surface area contributed by atoms with Gasteiger partial charge in [0.15, 0.2) is 0 Å². The number of aromatic nitrogens is 1. The summed E-state index contributed by atoms with van der Waals surface area (Å²) in [6, 6.07) is 8.72. The number of carboxylic acid groups (broad SMARTS) is 1. The number of thiol groups is 1. The molecule has 0 bridgehead atoms. The fraction of sp³-hybridized carbons (Fsp3) is 0. The number of hydrogen-bond donors (Lipinski definition) is 2. The zero-order valence-corrected chi connectivity index (χ0v) is 12.5. The zero-order chi connectivity index (χ0) is 10.1. The van der Waals surface area contributed by atoms with Crippen molar-refractivity contribution in [1.29, 1.82) is 0 Å². The van der Waals surface area contributed by atoms with Crippen LogP contribution >= 0.6 is 12.6 Å². The van der Waals surface area contributed by atoms with Crippen molar-refractivity contribution < 1.29 is 32.3 Å². The molecule has 17 heavy (non-hydrogen) atoms. The van der Waals surface area contributed by atoms with Gasteiger partial charge >= 0.3 is 5.97 Å². The van der Waals surface area contributed by atoms with Crippen LogP contribution in [-0.4, -0.2) is 16.1 Å². The second kappa shape index (κ2) is 7.50. The first kappa shape index (κ1) is 18.6. The molecule has 0 atom stereocenters. The third-order valence-corrected chi connectivity index (χ3v) is 2.28. The van der Waals surface area contributed by atoms with Crippen LogP contribution in [0.15, 0.2) is 35.2 Å². The Bertz CT molecular complexity index is 517. The molecule has 1 aromatic carbocycles. The molecule has 2 aromatic rings. The molecule has 0 spiro atoms. The largest absolute Gasteiger partial charge is 0.477 e. The topological polar surface area (TPSA) is 50.2 Å². The molecule has 0 fully saturated rings. The second-order valence-corrected chi connectivity index (χ2v) is 3.33. The summed E-state index contributed by atoms with van der Waals surface area (Å²) >= 11 is 4.21. The summed E-state index contributed by atoms with van der Waals surface area (Å²) in [7, 11) is 0. The number of fused-ring (bicyclic) bond motifs is 1. The van der Waals surface area contributed by atoms with Gasteiger partial charge in [0, 0.05) is 32.7 Å². The van der Waals surface area contributed by atoms with Crippen molar-refractivity contribution in [2.75, 3.05) is 0 Å². The van der Waals surface area contributed by atoms with Crippen LogP contribution in [0.5, 0.6) is 0 Å². The number of carbonyl (C=O) groups is 1. The molecule has 1 aromatic heterocycles. The Morgan fingerprint density at radius 3 is 2.41 bits per heavy atom. The average molecular weight is 432 g/mol. The van der Waals surface area contributed by atoms with Gasteiger partial charge in [-0.15, -0.1) is 12.6 Å². The Morgan fingerprint density at radius 2 is 1.82 bits per heavy atom. The molecular weight excluding hydrogens is 419 g/mol. The summed E-state index contributed by atoms with van der Waals surface area (Å²) < 4.78 is 0. The van der Waals surface area contributed by atoms with E-state index in [0.29, 0.717) is 10.4 Å². The first-order chi connectivity index (χ1) is 6.68. The molecule has 0 saturated carbocycles. The van der Waals surface area contributed by atoms with Gasteiger partial charge < -0.3 is 20.0 Å². The quantitative estimate of drug-likeness (QED) is 0.414. The summed E-state index contributed by atoms with van der Waals surface area (Å²) in [5.41, 5.74) is 0.662. The molecular formula is C12H13AuNO2S-2. The average Bonchev–Trinajstić information content (AvgIpc) is 2.18. The molecule has 0 saturated heterocycles. The molecule has 0 unspecified atom stereocenters. The van der Waals surface area contributed by atoms with Gasteiger partial charge in [0.05, 0.1) is 5.52 Å². The van der Waals surface area contributed by atoms with Gasteiger partial charge in [-0.05, 0) is 12.1 Å². The molecule has 0 aliphatic rings. The summed E-state index contributed by atoms with van der Waals surface area (Å²) in [4.78, 5) is 15.4. The molecule has 1 heterocycles. The van der Waals surface area contributed by atoms with Gasteiger partial charge in [-0.25, -0.2) is 9.78 Å². The number of carboxylic acids is 1. The molecule has 0 aliphatic carbocycles. The van der Waals surface area contributed by atoms with Gasteiger partial charge in [-0.2, -0.15) is 0 Å². The van der Waals surface area contributed by atoms with Gasteiger partial charge in [-0.1, -0.05) is 18.2 Å². The second-order valence-electron chi connectivity index (χ2n) is 2.85. The van der Waals surface area contributed by atoms with Crippen LogP contribution in [0.1, 0.15) is 10.5 Å². The van der Waals surface area contributed by atoms with Crippen LogP contribution < -0.4 is 0 Å². The maximum absolute atomic E-state index is 10.7. The maximum Gasteiger partial charge on any atom is 0.354 e. The minimum absolute atomic E-state index is 0. The van der Waals surface area contributed by atoms with Crippen molar-refractivity contribution in [2.45, 2.75) is 4.90 Å². The number of pyridine rings is 1. The van der Waals surface area contributed by atoms with E-state index in [-0.39, 0.29) is 42.9 Å². The van der Waals surface area contributed by atoms with E-state index in [1.807, 2.05) is 12.1 Å². The Morgan fingerprint density at radius 1 is 1.18 bits per heavy atom. The van der Waals surface area contributed by atoms with Crippen molar-refractivity contribution in [2.24, 2.45) is 0 Å². The summed E-state index contributed by atoms with van der Waals surface area (Å²) in [6.45, 7) is 0. The van der Waals surface area contributed by atoms with E-state index in [1.165, 1.54) is 6.07 Å². The Hall–Kier alpha value is -0.810. The van der Waals surface area contributed by atoms with Crippen LogP contribution in [-0.2, 0) is 22.4 Å². The van der Waals surface area contributed by atoms with Crippen LogP contribution in [0.2, 0.25) is 0 Å². The molecule has 1 N–H and O–H groups in total. The summed E-state index contributed by atoms with van der Waals surface area (Å²) in [5, 5.41) is 9.64. The van der Waals surface area contributed by atoms with Crippen LogP contribution in [0.4, 0.5) is 0 Å². The number of hydrogen-bond acceptors (Lipinski definition) is 3. The van der Waals surface area contributed by atoms with Crippen molar-refractivity contribution in [1.82, 2.24) is 4.98 Å². The maximum atomic E-state index is 10.7. The monoisotopic (exact) mass is 432 g/mol. The standard InChI is InChI=1S/C10H7NO2S.2CH3.Au/c12-10(13)7-5-4-6-2-1-3-8(14)9(6)11-7;;;/h1-5,14H,(H,12,13);2*1H3;/q;2*-1;. The van der Waals surface area contributed by atoms with Gasteiger partial charge in [0.25, 0.3) is 0 Å². The fourth-order valence-electron chi connectivity index (χ4n) is 1.25. The Balaban J connectivity index is 0.